The molecule has 438 valence electrons. The number of halogens is 2. The van der Waals surface area contributed by atoms with Crippen LogP contribution in [0.25, 0.3) is 0 Å². The second-order valence-corrected chi connectivity index (χ2v) is 19.2. The Labute approximate surface area is 475 Å². The van der Waals surface area contributed by atoms with Gasteiger partial charge in [0.15, 0.2) is 0 Å². The fourth-order valence-corrected chi connectivity index (χ4v) is 8.23. The highest BCUT2D eigenvalue weighted by Crippen LogP contribution is 2.14. The molecule has 0 aliphatic rings. The summed E-state index contributed by atoms with van der Waals surface area (Å²) in [6.45, 7) is -2.40. The molecule has 22 heteroatoms. The monoisotopic (exact) mass is 1130 g/mol. The summed E-state index contributed by atoms with van der Waals surface area (Å²) >= 11 is 0. The summed E-state index contributed by atoms with van der Waals surface area (Å²) < 4.78 is 37.5. The summed E-state index contributed by atoms with van der Waals surface area (Å²) in [4.78, 5) is 109. The summed E-state index contributed by atoms with van der Waals surface area (Å²) in [5, 5.41) is 35.9. The third-order valence-corrected chi connectivity index (χ3v) is 12.7. The quantitative estimate of drug-likeness (QED) is 0.0260. The third kappa shape index (κ3) is 24.7. The number of ether oxygens (including phenoxy) is 2. The van der Waals surface area contributed by atoms with Crippen LogP contribution in [0.2, 0.25) is 0 Å². The van der Waals surface area contributed by atoms with Crippen LogP contribution in [0.3, 0.4) is 0 Å². The Morgan fingerprint density at radius 2 is 0.780 bits per heavy atom. The summed E-state index contributed by atoms with van der Waals surface area (Å²) in [6.07, 6.45) is 1.79. The zero-order valence-electron chi connectivity index (χ0n) is 45.6. The Morgan fingerprint density at radius 3 is 1.13 bits per heavy atom. The Kier molecular flexibility index (Phi) is 27.9. The molecule has 2 atom stereocenters. The van der Waals surface area contributed by atoms with Gasteiger partial charge in [-0.15, -0.1) is 0 Å². The first-order chi connectivity index (χ1) is 39.7. The van der Waals surface area contributed by atoms with Crippen LogP contribution in [-0.2, 0) is 54.7 Å². The van der Waals surface area contributed by atoms with E-state index in [9.17, 15) is 57.4 Å². The number of carbonyl (C=O) groups is 8. The van der Waals surface area contributed by atoms with E-state index < -0.39 is 97.5 Å². The minimum absolute atomic E-state index is 0.0514. The smallest absolute Gasteiger partial charge is 0.407 e. The Bertz CT molecular complexity index is 2630. The maximum atomic E-state index is 14.3. The minimum atomic E-state index is -0.806. The number of hydrogen-bond acceptors (Lipinski definition) is 12. The predicted octanol–water partition coefficient (Wildman–Crippen LogP) is 4.71. The molecular formula is C60H72F2N8O12. The highest BCUT2D eigenvalue weighted by atomic mass is 19.1. The summed E-state index contributed by atoms with van der Waals surface area (Å²) in [6, 6.07) is 33.8. The van der Waals surface area contributed by atoms with Crippen LogP contribution in [0.5, 0.6) is 0 Å². The van der Waals surface area contributed by atoms with Crippen molar-refractivity contribution in [2.45, 2.75) is 76.7 Å². The average molecular weight is 1140 g/mol. The van der Waals surface area contributed by atoms with Crippen molar-refractivity contribution in [1.82, 2.24) is 41.7 Å². The second-order valence-electron chi connectivity index (χ2n) is 19.2. The van der Waals surface area contributed by atoms with Gasteiger partial charge < -0.3 is 61.4 Å². The molecule has 8 amide bonds. The summed E-state index contributed by atoms with van der Waals surface area (Å²) in [7, 11) is 0. The molecule has 0 spiro atoms. The number of nitrogens with one attached hydrogen (secondary N) is 6. The number of hydrogen-bond donors (Lipinski definition) is 8. The third-order valence-electron chi connectivity index (χ3n) is 12.7. The lowest BCUT2D eigenvalue weighted by molar-refractivity contribution is -0.125. The average Bonchev–Trinajstić information content (AvgIpc) is 3.60. The predicted molar refractivity (Wildman–Crippen MR) is 299 cm³/mol. The standard InChI is InChI=1S/C60H72F2N8O12/c61-49-24-20-43(21-25-49)28-32-65-55(75)37-69(35-53(73)63-30-9-7-18-51(39-71)67-59(79)81-41-45-12-3-1-4-13-45)57(77)47-16-11-17-48(34-47)58(78)70(38-56(76)66-33-29-44-22-26-50(62)27-23-44)36-54(74)64-31-10-8-19-52(40-72)68-60(80)82-42-46-14-5-2-6-15-46/h1-6,11-17,20-27,34,51-52,71-72H,7-10,18-19,28-33,35-42H2,(H,63,73)(H,64,74)(H,65,75)(H,66,76)(H,67,79)(H,68,80)/t51-,52-/m0/s1. The van der Waals surface area contributed by atoms with Gasteiger partial charge in [-0.2, -0.15) is 0 Å². The Hall–Kier alpha value is -8.76. The highest BCUT2D eigenvalue weighted by Gasteiger charge is 2.26. The topological polar surface area (TPSA) is 274 Å². The van der Waals surface area contributed by atoms with Crippen molar-refractivity contribution in [2.75, 3.05) is 65.6 Å². The molecule has 20 nitrogen and oxygen atoms in total. The van der Waals surface area contributed by atoms with Crippen LogP contribution in [-0.4, -0.2) is 145 Å². The summed E-state index contributed by atoms with van der Waals surface area (Å²) in [5.74, 6) is -4.92. The zero-order valence-corrected chi connectivity index (χ0v) is 45.6. The second kappa shape index (κ2) is 35.8. The van der Waals surface area contributed by atoms with Crippen LogP contribution in [0.15, 0.2) is 133 Å². The molecule has 0 aliphatic heterocycles. The number of benzene rings is 5. The van der Waals surface area contributed by atoms with Crippen molar-refractivity contribution in [1.29, 1.82) is 0 Å². The molecular weight excluding hydrogens is 1060 g/mol. The van der Waals surface area contributed by atoms with Crippen LogP contribution >= 0.6 is 0 Å². The molecule has 0 heterocycles. The maximum absolute atomic E-state index is 14.3. The van der Waals surface area contributed by atoms with E-state index in [1.54, 1.807) is 24.3 Å². The summed E-state index contributed by atoms with van der Waals surface area (Å²) in [5.41, 5.74) is 2.87. The largest absolute Gasteiger partial charge is 0.445 e. The van der Waals surface area contributed by atoms with E-state index in [0.29, 0.717) is 51.4 Å². The van der Waals surface area contributed by atoms with Gasteiger partial charge in [0, 0.05) is 37.3 Å². The first-order valence-electron chi connectivity index (χ1n) is 27.1. The van der Waals surface area contributed by atoms with E-state index in [4.69, 9.17) is 9.47 Å². The highest BCUT2D eigenvalue weighted by molar-refractivity contribution is 6.03. The van der Waals surface area contributed by atoms with Crippen molar-refractivity contribution >= 4 is 47.6 Å². The van der Waals surface area contributed by atoms with Gasteiger partial charge in [-0.05, 0) is 116 Å². The van der Waals surface area contributed by atoms with Crippen molar-refractivity contribution in [2.24, 2.45) is 0 Å². The van der Waals surface area contributed by atoms with Crippen molar-refractivity contribution in [3.63, 3.8) is 0 Å². The fourth-order valence-electron chi connectivity index (χ4n) is 8.23. The van der Waals surface area contributed by atoms with Gasteiger partial charge in [-0.3, -0.25) is 28.8 Å². The first kappa shape index (κ1) is 64.1. The number of aliphatic hydroxyl groups excluding tert-OH is 2. The van der Waals surface area contributed by atoms with Crippen LogP contribution in [0.4, 0.5) is 18.4 Å². The van der Waals surface area contributed by atoms with Crippen molar-refractivity contribution < 1.29 is 66.8 Å². The normalized spacial score (nSPS) is 11.5. The van der Waals surface area contributed by atoms with E-state index in [-0.39, 0.29) is 63.7 Å². The van der Waals surface area contributed by atoms with E-state index in [1.807, 2.05) is 60.7 Å². The van der Waals surface area contributed by atoms with Crippen LogP contribution in [0, 0.1) is 11.6 Å². The molecule has 5 aromatic carbocycles. The van der Waals surface area contributed by atoms with Crippen LogP contribution in [0.1, 0.15) is 81.5 Å². The molecule has 82 heavy (non-hydrogen) atoms. The van der Waals surface area contributed by atoms with Gasteiger partial charge in [-0.25, -0.2) is 18.4 Å². The molecule has 0 fully saturated rings. The lowest BCUT2D eigenvalue weighted by Gasteiger charge is -2.24. The molecule has 5 rings (SSSR count). The molecule has 0 aromatic heterocycles. The van der Waals surface area contributed by atoms with Gasteiger partial charge in [0.25, 0.3) is 11.8 Å². The van der Waals surface area contributed by atoms with Gasteiger partial charge >= 0.3 is 12.2 Å². The number of unbranched alkanes of at least 4 members (excludes halogenated alkanes) is 2. The number of aliphatic hydroxyl groups is 2. The Morgan fingerprint density at radius 1 is 0.427 bits per heavy atom. The Balaban J connectivity index is 1.20. The van der Waals surface area contributed by atoms with E-state index >= 15 is 0 Å². The van der Waals surface area contributed by atoms with E-state index in [1.165, 1.54) is 48.5 Å². The molecule has 0 unspecified atom stereocenters. The van der Waals surface area contributed by atoms with E-state index in [0.717, 1.165) is 32.1 Å². The first-order valence-corrected chi connectivity index (χ1v) is 27.1. The zero-order chi connectivity index (χ0) is 58.9. The molecule has 5 aromatic rings. The molecule has 0 saturated heterocycles. The van der Waals surface area contributed by atoms with Gasteiger partial charge in [0.1, 0.15) is 51.0 Å². The molecule has 8 N–H and O–H groups in total. The van der Waals surface area contributed by atoms with Gasteiger partial charge in [0.2, 0.25) is 23.6 Å². The van der Waals surface area contributed by atoms with E-state index in [2.05, 4.69) is 31.9 Å². The van der Waals surface area contributed by atoms with Gasteiger partial charge in [0.05, 0.1) is 25.3 Å². The maximum Gasteiger partial charge on any atom is 0.407 e. The molecule has 0 radical (unpaired) electrons. The molecule has 0 bridgehead atoms. The number of nitrogens with zero attached hydrogens (tertiary/aromatic N) is 2. The molecule has 0 saturated carbocycles. The van der Waals surface area contributed by atoms with Crippen molar-refractivity contribution in [3.8, 4) is 0 Å². The number of alkyl carbamates (subject to hydrolysis) is 2. The number of amides is 8. The molecule has 0 aliphatic carbocycles. The fraction of sp³-hybridized carbons (Fsp3) is 0.367. The lowest BCUT2D eigenvalue weighted by Crippen LogP contribution is -2.47. The van der Waals surface area contributed by atoms with Crippen molar-refractivity contribution in [3.05, 3.63) is 178 Å². The lowest BCUT2D eigenvalue weighted by atomic mass is 10.1. The van der Waals surface area contributed by atoms with Gasteiger partial charge in [-0.1, -0.05) is 91.0 Å². The van der Waals surface area contributed by atoms with Crippen LogP contribution < -0.4 is 31.9 Å². The number of carbonyl (C=O) groups excluding carboxylic acids is 8. The SMILES string of the molecule is O=C(CN(CC(=O)NCCc1ccc(F)cc1)C(=O)c1cccc(C(=O)N(CC(=O)NCCCC[C@@H](CO)NC(=O)OCc2ccccc2)CC(=O)NCCc2ccc(F)cc2)c1)NCCCC[C@@H](CO)NC(=O)OCc1ccccc1. The number of rotatable bonds is 34. The minimum Gasteiger partial charge on any atom is -0.445 e.